The van der Waals surface area contributed by atoms with Crippen molar-refractivity contribution in [2.45, 2.75) is 38.7 Å². The Balaban J connectivity index is 2.73. The lowest BCUT2D eigenvalue weighted by Gasteiger charge is -2.21. The lowest BCUT2D eigenvalue weighted by molar-refractivity contribution is -0.139. The topological polar surface area (TPSA) is 46.5 Å². The van der Waals surface area contributed by atoms with Crippen molar-refractivity contribution in [2.75, 3.05) is 6.61 Å². The van der Waals surface area contributed by atoms with Crippen LogP contribution in [0.2, 0.25) is 5.02 Å². The third-order valence-electron chi connectivity index (χ3n) is 2.52. The van der Waals surface area contributed by atoms with Gasteiger partial charge in [0.15, 0.2) is 0 Å². The molecule has 0 aliphatic heterocycles. The first kappa shape index (κ1) is 15.0. The number of hydrogen-bond acceptors (Lipinski definition) is 2. The molecule has 4 heteroatoms. The zero-order chi connectivity index (χ0) is 13.8. The van der Waals surface area contributed by atoms with Crippen LogP contribution >= 0.6 is 11.6 Å². The standard InChI is InChI=1S/C14H19ClO3/c1-14(2,3)18-9-8-11(13(16)17)10-6-4-5-7-12(10)15/h4-7,11H,8-9H2,1-3H3,(H,16,17). The number of carboxylic acids is 1. The fraction of sp³-hybridized carbons (Fsp3) is 0.500. The molecule has 0 aliphatic rings. The highest BCUT2D eigenvalue weighted by Gasteiger charge is 2.22. The van der Waals surface area contributed by atoms with Gasteiger partial charge in [-0.05, 0) is 38.8 Å². The summed E-state index contributed by atoms with van der Waals surface area (Å²) in [7, 11) is 0. The Morgan fingerprint density at radius 3 is 2.50 bits per heavy atom. The van der Waals surface area contributed by atoms with Crippen LogP contribution in [0, 0.1) is 0 Å². The predicted octanol–water partition coefficient (Wildman–Crippen LogP) is 3.71. The lowest BCUT2D eigenvalue weighted by atomic mass is 9.96. The van der Waals surface area contributed by atoms with Crippen molar-refractivity contribution in [3.8, 4) is 0 Å². The molecule has 0 spiro atoms. The van der Waals surface area contributed by atoms with E-state index in [1.165, 1.54) is 0 Å². The fourth-order valence-electron chi connectivity index (χ4n) is 1.65. The molecule has 0 aliphatic carbocycles. The van der Waals surface area contributed by atoms with Gasteiger partial charge in [-0.1, -0.05) is 29.8 Å². The monoisotopic (exact) mass is 270 g/mol. The second-order valence-electron chi connectivity index (χ2n) is 5.16. The number of halogens is 1. The molecule has 100 valence electrons. The smallest absolute Gasteiger partial charge is 0.311 e. The average molecular weight is 271 g/mol. The molecular formula is C14H19ClO3. The van der Waals surface area contributed by atoms with Gasteiger partial charge < -0.3 is 9.84 Å². The molecule has 1 rings (SSSR count). The van der Waals surface area contributed by atoms with Gasteiger partial charge in [-0.25, -0.2) is 0 Å². The number of carbonyl (C=O) groups is 1. The molecule has 0 heterocycles. The normalized spacial score (nSPS) is 13.3. The Hall–Kier alpha value is -1.06. The van der Waals surface area contributed by atoms with E-state index in [0.717, 1.165) is 0 Å². The van der Waals surface area contributed by atoms with E-state index in [1.807, 2.05) is 20.8 Å². The van der Waals surface area contributed by atoms with Crippen molar-refractivity contribution in [1.29, 1.82) is 0 Å². The van der Waals surface area contributed by atoms with E-state index in [-0.39, 0.29) is 5.60 Å². The van der Waals surface area contributed by atoms with Crippen LogP contribution < -0.4 is 0 Å². The van der Waals surface area contributed by atoms with Gasteiger partial charge in [0.05, 0.1) is 11.5 Å². The molecule has 0 amide bonds. The van der Waals surface area contributed by atoms with Gasteiger partial charge in [0.1, 0.15) is 0 Å². The van der Waals surface area contributed by atoms with E-state index in [2.05, 4.69) is 0 Å². The third kappa shape index (κ3) is 4.67. The maximum Gasteiger partial charge on any atom is 0.311 e. The van der Waals surface area contributed by atoms with Crippen molar-refractivity contribution >= 4 is 17.6 Å². The largest absolute Gasteiger partial charge is 0.481 e. The Bertz CT molecular complexity index is 410. The molecule has 0 bridgehead atoms. The molecule has 1 aromatic carbocycles. The minimum atomic E-state index is -0.874. The van der Waals surface area contributed by atoms with E-state index in [4.69, 9.17) is 16.3 Å². The summed E-state index contributed by atoms with van der Waals surface area (Å²) in [5.41, 5.74) is 0.382. The molecule has 0 aromatic heterocycles. The second-order valence-corrected chi connectivity index (χ2v) is 5.57. The minimum absolute atomic E-state index is 0.260. The van der Waals surface area contributed by atoms with E-state index in [1.54, 1.807) is 24.3 Å². The summed E-state index contributed by atoms with van der Waals surface area (Å²) >= 11 is 6.03. The summed E-state index contributed by atoms with van der Waals surface area (Å²) in [4.78, 5) is 11.3. The molecule has 3 nitrogen and oxygen atoms in total. The quantitative estimate of drug-likeness (QED) is 0.887. The van der Waals surface area contributed by atoms with Crippen LogP contribution in [0.3, 0.4) is 0 Å². The highest BCUT2D eigenvalue weighted by atomic mass is 35.5. The van der Waals surface area contributed by atoms with Gasteiger partial charge in [-0.3, -0.25) is 4.79 Å². The van der Waals surface area contributed by atoms with E-state index in [9.17, 15) is 9.90 Å². The lowest BCUT2D eigenvalue weighted by Crippen LogP contribution is -2.22. The molecule has 0 fully saturated rings. The summed E-state index contributed by atoms with van der Waals surface area (Å²) in [6.07, 6.45) is 0.413. The zero-order valence-electron chi connectivity index (χ0n) is 10.9. The van der Waals surface area contributed by atoms with Gasteiger partial charge in [-0.2, -0.15) is 0 Å². The highest BCUT2D eigenvalue weighted by molar-refractivity contribution is 6.31. The average Bonchev–Trinajstić information content (AvgIpc) is 2.24. The van der Waals surface area contributed by atoms with Crippen molar-refractivity contribution in [3.05, 3.63) is 34.9 Å². The molecule has 0 saturated heterocycles. The van der Waals surface area contributed by atoms with Gasteiger partial charge in [-0.15, -0.1) is 0 Å². The Labute approximate surface area is 113 Å². The fourth-order valence-corrected chi connectivity index (χ4v) is 1.92. The van der Waals surface area contributed by atoms with Crippen LogP contribution in [0.4, 0.5) is 0 Å². The molecular weight excluding hydrogens is 252 g/mol. The van der Waals surface area contributed by atoms with Gasteiger partial charge >= 0.3 is 5.97 Å². The summed E-state index contributed by atoms with van der Waals surface area (Å²) in [5.74, 6) is -1.50. The zero-order valence-corrected chi connectivity index (χ0v) is 11.7. The SMILES string of the molecule is CC(C)(C)OCCC(C(=O)O)c1ccccc1Cl. The summed E-state index contributed by atoms with van der Waals surface area (Å²) in [6, 6.07) is 7.04. The highest BCUT2D eigenvalue weighted by Crippen LogP contribution is 2.27. The summed E-state index contributed by atoms with van der Waals surface area (Å²) in [6.45, 7) is 6.22. The molecule has 1 unspecified atom stereocenters. The van der Waals surface area contributed by atoms with Gasteiger partial charge in [0.2, 0.25) is 0 Å². The van der Waals surface area contributed by atoms with Crippen LogP contribution in [-0.2, 0) is 9.53 Å². The first-order valence-electron chi connectivity index (χ1n) is 5.92. The summed E-state index contributed by atoms with van der Waals surface area (Å²) < 4.78 is 5.56. The van der Waals surface area contributed by atoms with Crippen LogP contribution in [-0.4, -0.2) is 23.3 Å². The van der Waals surface area contributed by atoms with Crippen molar-refractivity contribution in [2.24, 2.45) is 0 Å². The van der Waals surface area contributed by atoms with E-state index in [0.29, 0.717) is 23.6 Å². The van der Waals surface area contributed by atoms with Crippen LogP contribution in [0.1, 0.15) is 38.7 Å². The molecule has 0 radical (unpaired) electrons. The second kappa shape index (κ2) is 6.21. The minimum Gasteiger partial charge on any atom is -0.481 e. The summed E-state index contributed by atoms with van der Waals surface area (Å²) in [5, 5.41) is 9.75. The number of rotatable bonds is 5. The van der Waals surface area contributed by atoms with Gasteiger partial charge in [0.25, 0.3) is 0 Å². The maximum atomic E-state index is 11.3. The Morgan fingerprint density at radius 1 is 1.39 bits per heavy atom. The Kier molecular flexibility index (Phi) is 5.17. The van der Waals surface area contributed by atoms with Crippen LogP contribution in [0.25, 0.3) is 0 Å². The van der Waals surface area contributed by atoms with E-state index < -0.39 is 11.9 Å². The Morgan fingerprint density at radius 2 is 2.00 bits per heavy atom. The predicted molar refractivity (Wildman–Crippen MR) is 72.2 cm³/mol. The number of carboxylic acid groups (broad SMARTS) is 1. The first-order chi connectivity index (χ1) is 8.31. The number of benzene rings is 1. The van der Waals surface area contributed by atoms with Crippen molar-refractivity contribution in [1.82, 2.24) is 0 Å². The third-order valence-corrected chi connectivity index (χ3v) is 2.86. The van der Waals surface area contributed by atoms with Crippen molar-refractivity contribution in [3.63, 3.8) is 0 Å². The first-order valence-corrected chi connectivity index (χ1v) is 6.30. The van der Waals surface area contributed by atoms with Crippen LogP contribution in [0.15, 0.2) is 24.3 Å². The number of ether oxygens (including phenoxy) is 1. The van der Waals surface area contributed by atoms with Crippen molar-refractivity contribution < 1.29 is 14.6 Å². The molecule has 1 aromatic rings. The van der Waals surface area contributed by atoms with Crippen LogP contribution in [0.5, 0.6) is 0 Å². The molecule has 18 heavy (non-hydrogen) atoms. The molecule has 1 N–H and O–H groups in total. The maximum absolute atomic E-state index is 11.3. The number of aliphatic carboxylic acids is 1. The van der Waals surface area contributed by atoms with Gasteiger partial charge in [0, 0.05) is 11.6 Å². The molecule has 0 saturated carbocycles. The molecule has 1 atom stereocenters. The van der Waals surface area contributed by atoms with E-state index >= 15 is 0 Å². The number of hydrogen-bond donors (Lipinski definition) is 1.